The van der Waals surface area contributed by atoms with E-state index in [0.29, 0.717) is 12.8 Å². The first-order chi connectivity index (χ1) is 30.6. The number of allylic oxidation sites excluding steroid dienone is 16. The molecule has 0 aliphatic heterocycles. The van der Waals surface area contributed by atoms with E-state index in [1.165, 1.54) is 116 Å². The third-order valence-electron chi connectivity index (χ3n) is 10.9. The molecule has 0 saturated heterocycles. The van der Waals surface area contributed by atoms with Crippen molar-refractivity contribution in [1.82, 2.24) is 0 Å². The quantitative estimate of drug-likeness (QED) is 0.0375. The lowest BCUT2D eigenvalue weighted by molar-refractivity contribution is -0.161. The fourth-order valence-electron chi connectivity index (χ4n) is 7.04. The Hall–Kier alpha value is -3.18. The number of hydrogen-bond donors (Lipinski definition) is 1. The van der Waals surface area contributed by atoms with Crippen LogP contribution in [0.3, 0.4) is 0 Å². The van der Waals surface area contributed by atoms with Gasteiger partial charge in [-0.3, -0.25) is 9.59 Å². The van der Waals surface area contributed by atoms with Crippen LogP contribution in [0.5, 0.6) is 0 Å². The van der Waals surface area contributed by atoms with Crippen LogP contribution >= 0.6 is 0 Å². The van der Waals surface area contributed by atoms with Crippen LogP contribution in [0.4, 0.5) is 0 Å². The molecular formula is C57H96O5. The molecule has 0 amide bonds. The third kappa shape index (κ3) is 49.5. The summed E-state index contributed by atoms with van der Waals surface area (Å²) in [7, 11) is 0. The summed E-state index contributed by atoms with van der Waals surface area (Å²) >= 11 is 0. The Kier molecular flexibility index (Phi) is 49.5. The molecule has 1 atom stereocenters. The summed E-state index contributed by atoms with van der Waals surface area (Å²) in [6.45, 7) is 4.01. The van der Waals surface area contributed by atoms with E-state index in [0.717, 1.165) is 89.9 Å². The number of hydrogen-bond acceptors (Lipinski definition) is 5. The number of esters is 2. The number of unbranched alkanes of at least 4 members (excludes halogenated alkanes) is 22. The maximum Gasteiger partial charge on any atom is 0.306 e. The molecular weight excluding hydrogens is 765 g/mol. The van der Waals surface area contributed by atoms with E-state index in [9.17, 15) is 14.7 Å². The van der Waals surface area contributed by atoms with Gasteiger partial charge in [-0.2, -0.15) is 0 Å². The standard InChI is InChI=1S/C57H96O5/c1-3-5-7-9-11-13-15-17-19-21-23-25-26-27-28-29-30-32-34-36-38-40-42-44-46-48-50-52-57(60)62-55(53-58)54-61-56(59)51-49-47-45-43-41-39-37-35-33-31-24-22-20-18-16-14-12-10-8-6-4-2/h5,7,11,13,17,19,23,25,27-28,30,32,36,38,42,44,55,58H,3-4,6,8-10,12,14-16,18,20-22,24,26,29,31,33-35,37,39-41,43,45-54H2,1-2H3/b7-5-,13-11-,19-17-,25-23-,28-27-,32-30-,38-36-,44-42-. The molecule has 62 heavy (non-hydrogen) atoms. The molecule has 5 nitrogen and oxygen atoms in total. The molecule has 0 spiro atoms. The van der Waals surface area contributed by atoms with E-state index in [-0.39, 0.29) is 25.2 Å². The first kappa shape index (κ1) is 58.8. The summed E-state index contributed by atoms with van der Waals surface area (Å²) in [4.78, 5) is 24.4. The average molecular weight is 861 g/mol. The van der Waals surface area contributed by atoms with Crippen LogP contribution in [0.25, 0.3) is 0 Å². The third-order valence-corrected chi connectivity index (χ3v) is 10.9. The van der Waals surface area contributed by atoms with Gasteiger partial charge in [-0.25, -0.2) is 0 Å². The van der Waals surface area contributed by atoms with Crippen LogP contribution in [-0.4, -0.2) is 36.4 Å². The Labute approximate surface area is 383 Å². The van der Waals surface area contributed by atoms with Gasteiger partial charge in [0.05, 0.1) is 6.61 Å². The highest BCUT2D eigenvalue weighted by molar-refractivity contribution is 5.70. The first-order valence-corrected chi connectivity index (χ1v) is 25.8. The van der Waals surface area contributed by atoms with E-state index in [1.807, 2.05) is 0 Å². The molecule has 0 rings (SSSR count). The molecule has 0 radical (unpaired) electrons. The molecule has 0 aliphatic rings. The van der Waals surface area contributed by atoms with Crippen LogP contribution in [0.15, 0.2) is 97.2 Å². The summed E-state index contributed by atoms with van der Waals surface area (Å²) in [5.74, 6) is -0.640. The highest BCUT2D eigenvalue weighted by Crippen LogP contribution is 2.16. The number of carbonyl (C=O) groups is 2. The number of aliphatic hydroxyl groups is 1. The molecule has 1 N–H and O–H groups in total. The summed E-state index contributed by atoms with van der Waals surface area (Å²) in [5, 5.41) is 9.62. The topological polar surface area (TPSA) is 72.8 Å². The lowest BCUT2D eigenvalue weighted by Crippen LogP contribution is -2.28. The smallest absolute Gasteiger partial charge is 0.306 e. The number of rotatable bonds is 46. The fraction of sp³-hybridized carbons (Fsp3) is 0.684. The van der Waals surface area contributed by atoms with Crippen LogP contribution < -0.4 is 0 Å². The van der Waals surface area contributed by atoms with Crippen molar-refractivity contribution >= 4 is 11.9 Å². The second kappa shape index (κ2) is 52.2. The van der Waals surface area contributed by atoms with Crippen molar-refractivity contribution in [2.75, 3.05) is 13.2 Å². The molecule has 0 saturated carbocycles. The van der Waals surface area contributed by atoms with E-state index in [4.69, 9.17) is 9.47 Å². The molecule has 354 valence electrons. The molecule has 0 aliphatic carbocycles. The largest absolute Gasteiger partial charge is 0.462 e. The van der Waals surface area contributed by atoms with Crippen LogP contribution in [0.2, 0.25) is 0 Å². The molecule has 0 fully saturated rings. The van der Waals surface area contributed by atoms with Gasteiger partial charge in [-0.1, -0.05) is 239 Å². The summed E-state index contributed by atoms with van der Waals surface area (Å²) in [5.41, 5.74) is 0. The maximum atomic E-state index is 12.3. The minimum atomic E-state index is -0.800. The fourth-order valence-corrected chi connectivity index (χ4v) is 7.04. The van der Waals surface area contributed by atoms with Gasteiger partial charge in [0.1, 0.15) is 6.61 Å². The van der Waals surface area contributed by atoms with Gasteiger partial charge < -0.3 is 14.6 Å². The SMILES string of the molecule is CC/C=C\C/C=C\C/C=C\C/C=C\C/C=C\C/C=C\C/C=C\C/C=C\CCCCC(=O)OC(CO)COC(=O)CCCCCCCCCCCCCCCCCCCCCCC. The molecule has 0 aromatic heterocycles. The monoisotopic (exact) mass is 861 g/mol. The minimum Gasteiger partial charge on any atom is -0.462 e. The molecule has 0 heterocycles. The molecule has 0 bridgehead atoms. The van der Waals surface area contributed by atoms with Gasteiger partial charge in [0.25, 0.3) is 0 Å². The maximum absolute atomic E-state index is 12.3. The van der Waals surface area contributed by atoms with E-state index in [1.54, 1.807) is 0 Å². The van der Waals surface area contributed by atoms with E-state index in [2.05, 4.69) is 111 Å². The highest BCUT2D eigenvalue weighted by atomic mass is 16.6. The second-order valence-electron chi connectivity index (χ2n) is 16.9. The zero-order chi connectivity index (χ0) is 44.9. The summed E-state index contributed by atoms with van der Waals surface area (Å²) in [6.07, 6.45) is 73.6. The molecule has 0 aromatic carbocycles. The summed E-state index contributed by atoms with van der Waals surface area (Å²) in [6, 6.07) is 0. The predicted molar refractivity (Wildman–Crippen MR) is 269 cm³/mol. The van der Waals surface area contributed by atoms with Gasteiger partial charge >= 0.3 is 11.9 Å². The number of aliphatic hydroxyl groups excluding tert-OH is 1. The van der Waals surface area contributed by atoms with Crippen LogP contribution in [0.1, 0.15) is 232 Å². The number of ether oxygens (including phenoxy) is 2. The average Bonchev–Trinajstić information content (AvgIpc) is 3.28. The van der Waals surface area contributed by atoms with Gasteiger partial charge in [0, 0.05) is 12.8 Å². The van der Waals surface area contributed by atoms with Crippen molar-refractivity contribution < 1.29 is 24.2 Å². The van der Waals surface area contributed by atoms with Crippen molar-refractivity contribution in [3.63, 3.8) is 0 Å². The summed E-state index contributed by atoms with van der Waals surface area (Å²) < 4.78 is 10.6. The van der Waals surface area contributed by atoms with Crippen molar-refractivity contribution in [2.24, 2.45) is 0 Å². The minimum absolute atomic E-state index is 0.0866. The van der Waals surface area contributed by atoms with Crippen molar-refractivity contribution in [2.45, 2.75) is 238 Å². The molecule has 1 unspecified atom stereocenters. The van der Waals surface area contributed by atoms with Gasteiger partial charge in [0.15, 0.2) is 6.10 Å². The highest BCUT2D eigenvalue weighted by Gasteiger charge is 2.16. The van der Waals surface area contributed by atoms with E-state index >= 15 is 0 Å². The Morgan fingerprint density at radius 2 is 0.694 bits per heavy atom. The zero-order valence-electron chi connectivity index (χ0n) is 40.4. The van der Waals surface area contributed by atoms with Crippen LogP contribution in [0, 0.1) is 0 Å². The van der Waals surface area contributed by atoms with Crippen molar-refractivity contribution in [3.8, 4) is 0 Å². The van der Waals surface area contributed by atoms with Crippen LogP contribution in [-0.2, 0) is 19.1 Å². The number of carbonyl (C=O) groups excluding carboxylic acids is 2. The Morgan fingerprint density at radius 3 is 1.05 bits per heavy atom. The Morgan fingerprint density at radius 1 is 0.387 bits per heavy atom. The van der Waals surface area contributed by atoms with Gasteiger partial charge in [0.2, 0.25) is 0 Å². The van der Waals surface area contributed by atoms with Crippen molar-refractivity contribution in [1.29, 1.82) is 0 Å². The van der Waals surface area contributed by atoms with Gasteiger partial charge in [-0.15, -0.1) is 0 Å². The Bertz CT molecular complexity index is 1200. The molecule has 5 heteroatoms. The first-order valence-electron chi connectivity index (χ1n) is 25.8. The zero-order valence-corrected chi connectivity index (χ0v) is 40.4. The lowest BCUT2D eigenvalue weighted by Gasteiger charge is -2.15. The normalized spacial score (nSPS) is 13.0. The van der Waals surface area contributed by atoms with Gasteiger partial charge in [-0.05, 0) is 77.0 Å². The Balaban J connectivity index is 3.63. The lowest BCUT2D eigenvalue weighted by atomic mass is 10.0. The second-order valence-corrected chi connectivity index (χ2v) is 16.9. The molecule has 0 aromatic rings. The predicted octanol–water partition coefficient (Wildman–Crippen LogP) is 17.2. The van der Waals surface area contributed by atoms with Crippen molar-refractivity contribution in [3.05, 3.63) is 97.2 Å². The van der Waals surface area contributed by atoms with E-state index < -0.39 is 6.10 Å².